The third-order valence-corrected chi connectivity index (χ3v) is 5.92. The van der Waals surface area contributed by atoms with Crippen LogP contribution in [0.15, 0.2) is 36.7 Å². The number of benzene rings is 1. The van der Waals surface area contributed by atoms with Crippen LogP contribution in [0.1, 0.15) is 25.1 Å². The summed E-state index contributed by atoms with van der Waals surface area (Å²) in [5, 5.41) is 0.783. The lowest BCUT2D eigenvalue weighted by molar-refractivity contribution is -0.134. The molecule has 7 heteroatoms. The fraction of sp³-hybridized carbons (Fsp3) is 0.304. The highest BCUT2D eigenvalue weighted by atomic mass is 19.1. The Bertz CT molecular complexity index is 1160. The van der Waals surface area contributed by atoms with Crippen molar-refractivity contribution in [3.05, 3.63) is 47.9 Å². The maximum absolute atomic E-state index is 15.0. The highest BCUT2D eigenvalue weighted by Crippen LogP contribution is 2.41. The number of fused-ring (bicyclic) bond motifs is 2. The molecule has 0 bridgehead atoms. The molecule has 154 valence electrons. The Labute approximate surface area is 174 Å². The van der Waals surface area contributed by atoms with E-state index in [2.05, 4.69) is 23.4 Å². The van der Waals surface area contributed by atoms with E-state index in [-0.39, 0.29) is 29.3 Å². The first-order valence-electron chi connectivity index (χ1n) is 9.78. The van der Waals surface area contributed by atoms with Crippen molar-refractivity contribution in [1.82, 2.24) is 14.8 Å². The van der Waals surface area contributed by atoms with E-state index in [1.807, 2.05) is 29.2 Å². The molecular weight excluding hydrogens is 383 g/mol. The van der Waals surface area contributed by atoms with E-state index in [4.69, 9.17) is 5.73 Å². The first-order chi connectivity index (χ1) is 14.3. The Morgan fingerprint density at radius 2 is 2.00 bits per heavy atom. The van der Waals surface area contributed by atoms with Crippen molar-refractivity contribution in [3.8, 4) is 11.8 Å². The zero-order valence-corrected chi connectivity index (χ0v) is 17.0. The number of nitrogens with zero attached hydrogens (tertiary/aromatic N) is 2. The van der Waals surface area contributed by atoms with E-state index < -0.39 is 5.91 Å². The maximum atomic E-state index is 15.0. The van der Waals surface area contributed by atoms with Crippen molar-refractivity contribution in [2.24, 2.45) is 11.7 Å². The molecule has 2 saturated heterocycles. The van der Waals surface area contributed by atoms with Gasteiger partial charge in [-0.25, -0.2) is 4.39 Å². The van der Waals surface area contributed by atoms with Crippen molar-refractivity contribution in [2.45, 2.75) is 19.9 Å². The van der Waals surface area contributed by atoms with Crippen LogP contribution in [-0.2, 0) is 9.59 Å². The molecule has 1 aromatic heterocycles. The van der Waals surface area contributed by atoms with E-state index in [1.165, 1.54) is 6.92 Å². The summed E-state index contributed by atoms with van der Waals surface area (Å²) in [6, 6.07) is 7.46. The van der Waals surface area contributed by atoms with Gasteiger partial charge in [-0.05, 0) is 25.8 Å². The SMILES string of the molecule is C=C(C(N)=O)c1[nH]c2ccccc2c1/C(=C(\C)F)N1CC2CN(C(=O)C#CC)C2C1. The molecule has 2 unspecified atom stereocenters. The Balaban J connectivity index is 1.76. The smallest absolute Gasteiger partial charge is 0.298 e. The Morgan fingerprint density at radius 1 is 1.27 bits per heavy atom. The predicted octanol–water partition coefficient (Wildman–Crippen LogP) is 2.49. The van der Waals surface area contributed by atoms with Crippen molar-refractivity contribution < 1.29 is 14.0 Å². The summed E-state index contributed by atoms with van der Waals surface area (Å²) in [6.45, 7) is 8.58. The van der Waals surface area contributed by atoms with Crippen molar-refractivity contribution in [3.63, 3.8) is 0 Å². The van der Waals surface area contributed by atoms with E-state index in [9.17, 15) is 14.0 Å². The highest BCUT2D eigenvalue weighted by Gasteiger charge is 2.48. The van der Waals surface area contributed by atoms with Gasteiger partial charge in [0.2, 0.25) is 5.91 Å². The summed E-state index contributed by atoms with van der Waals surface area (Å²) in [5.41, 5.74) is 7.73. The third-order valence-electron chi connectivity index (χ3n) is 5.92. The van der Waals surface area contributed by atoms with Crippen LogP contribution in [0.4, 0.5) is 4.39 Å². The Kier molecular flexibility index (Phi) is 4.86. The molecule has 6 nitrogen and oxygen atoms in total. The molecule has 0 spiro atoms. The number of nitrogens with two attached hydrogens (primary N) is 1. The lowest BCUT2D eigenvalue weighted by atomic mass is 9.92. The molecule has 2 aromatic rings. The number of hydrogen-bond donors (Lipinski definition) is 2. The summed E-state index contributed by atoms with van der Waals surface area (Å²) in [5.74, 6) is 4.24. The predicted molar refractivity (Wildman–Crippen MR) is 114 cm³/mol. The van der Waals surface area contributed by atoms with E-state index >= 15 is 0 Å². The number of halogens is 1. The molecule has 4 rings (SSSR count). The maximum Gasteiger partial charge on any atom is 0.298 e. The van der Waals surface area contributed by atoms with Crippen LogP contribution in [0.25, 0.3) is 22.2 Å². The van der Waals surface area contributed by atoms with Crippen LogP contribution in [-0.4, -0.2) is 52.3 Å². The zero-order valence-electron chi connectivity index (χ0n) is 17.0. The van der Waals surface area contributed by atoms with E-state index in [0.717, 1.165) is 10.9 Å². The molecule has 0 saturated carbocycles. The Hall–Kier alpha value is -3.53. The molecule has 3 heterocycles. The minimum atomic E-state index is -0.671. The van der Waals surface area contributed by atoms with Crippen molar-refractivity contribution in [1.29, 1.82) is 0 Å². The number of hydrogen-bond acceptors (Lipinski definition) is 3. The van der Waals surface area contributed by atoms with E-state index in [1.54, 1.807) is 11.8 Å². The van der Waals surface area contributed by atoms with Gasteiger partial charge in [-0.3, -0.25) is 9.59 Å². The van der Waals surface area contributed by atoms with Crippen molar-refractivity contribution >= 4 is 34.0 Å². The molecule has 1 aromatic carbocycles. The summed E-state index contributed by atoms with van der Waals surface area (Å²) >= 11 is 0. The first kappa shape index (κ1) is 19.8. The topological polar surface area (TPSA) is 82.4 Å². The monoisotopic (exact) mass is 406 g/mol. The Morgan fingerprint density at radius 3 is 2.67 bits per heavy atom. The molecule has 2 fully saturated rings. The first-order valence-corrected chi connectivity index (χ1v) is 9.78. The molecule has 0 aliphatic carbocycles. The lowest BCUT2D eigenvalue weighted by Crippen LogP contribution is -2.57. The van der Waals surface area contributed by atoms with Crippen molar-refractivity contribution in [2.75, 3.05) is 19.6 Å². The van der Waals surface area contributed by atoms with Crippen LogP contribution < -0.4 is 5.73 Å². The van der Waals surface area contributed by atoms with Crippen LogP contribution in [0.5, 0.6) is 0 Å². The molecule has 30 heavy (non-hydrogen) atoms. The average molecular weight is 406 g/mol. The number of amides is 2. The number of aromatic nitrogens is 1. The highest BCUT2D eigenvalue weighted by molar-refractivity contribution is 6.20. The van der Waals surface area contributed by atoms with Gasteiger partial charge in [0, 0.05) is 42.0 Å². The number of para-hydroxylation sites is 1. The third kappa shape index (κ3) is 3.05. The van der Waals surface area contributed by atoms with Gasteiger partial charge in [-0.2, -0.15) is 0 Å². The number of primary amides is 1. The van der Waals surface area contributed by atoms with Gasteiger partial charge in [-0.1, -0.05) is 30.7 Å². The van der Waals surface area contributed by atoms with E-state index in [0.29, 0.717) is 36.6 Å². The number of aromatic amines is 1. The van der Waals surface area contributed by atoms with Gasteiger partial charge in [-0.15, -0.1) is 0 Å². The normalized spacial score (nSPS) is 20.8. The van der Waals surface area contributed by atoms with Crippen LogP contribution in [0.3, 0.4) is 0 Å². The van der Waals surface area contributed by atoms with Gasteiger partial charge in [0.15, 0.2) is 0 Å². The van der Waals surface area contributed by atoms with Gasteiger partial charge >= 0.3 is 0 Å². The summed E-state index contributed by atoms with van der Waals surface area (Å²) in [6.07, 6.45) is 0. The number of carbonyl (C=O) groups is 2. The lowest BCUT2D eigenvalue weighted by Gasteiger charge is -2.42. The minimum absolute atomic E-state index is 0.000646. The molecular formula is C23H23FN4O2. The minimum Gasteiger partial charge on any atom is -0.366 e. The number of rotatable bonds is 4. The van der Waals surface area contributed by atoms with Crippen LogP contribution in [0, 0.1) is 17.8 Å². The number of H-pyrrole nitrogens is 1. The summed E-state index contributed by atoms with van der Waals surface area (Å²) in [7, 11) is 0. The largest absolute Gasteiger partial charge is 0.366 e. The number of nitrogens with one attached hydrogen (secondary N) is 1. The standard InChI is InChI=1S/C23H23FN4O2/c1-4-7-19(29)28-11-15-10-27(12-18(15)28)22(14(3)24)20-16-8-5-6-9-17(16)26-21(20)13(2)23(25)30/h5-6,8-9,15,18,26H,2,10-12H2,1,3H3,(H2,25,30)/b22-14-. The van der Waals surface area contributed by atoms with Crippen LogP contribution >= 0.6 is 0 Å². The fourth-order valence-corrected chi connectivity index (χ4v) is 4.52. The number of allylic oxidation sites excluding steroid dienone is 1. The zero-order chi connectivity index (χ0) is 21.6. The number of likely N-dealkylation sites (tertiary alicyclic amines) is 2. The average Bonchev–Trinajstić information content (AvgIpc) is 3.21. The molecule has 0 radical (unpaired) electrons. The second-order valence-corrected chi connectivity index (χ2v) is 7.71. The van der Waals surface area contributed by atoms with Gasteiger partial charge < -0.3 is 20.5 Å². The molecule has 3 N–H and O–H groups in total. The fourth-order valence-electron chi connectivity index (χ4n) is 4.52. The quantitative estimate of drug-likeness (QED) is 0.605. The second kappa shape index (κ2) is 7.38. The van der Waals surface area contributed by atoms with Gasteiger partial charge in [0.05, 0.1) is 23.0 Å². The molecule has 2 atom stereocenters. The summed E-state index contributed by atoms with van der Waals surface area (Å²) in [4.78, 5) is 30.9. The van der Waals surface area contributed by atoms with Gasteiger partial charge in [0.25, 0.3) is 5.91 Å². The second-order valence-electron chi connectivity index (χ2n) is 7.71. The van der Waals surface area contributed by atoms with Gasteiger partial charge in [0.1, 0.15) is 5.83 Å². The summed E-state index contributed by atoms with van der Waals surface area (Å²) < 4.78 is 15.0. The molecule has 2 aliphatic rings. The number of carbonyl (C=O) groups excluding carboxylic acids is 2. The molecule has 2 aliphatic heterocycles. The van der Waals surface area contributed by atoms with Crippen LogP contribution in [0.2, 0.25) is 0 Å². The molecule has 2 amide bonds.